The van der Waals surface area contributed by atoms with Crippen LogP contribution in [0.25, 0.3) is 0 Å². The fraction of sp³-hybridized carbons (Fsp3) is 0.632. The molecule has 5 nitrogen and oxygen atoms in total. The SMILES string of the molecule is CN=C(NCC1CN2CCN1CC2)NCC1(c2ccccc2F)CC1. The van der Waals surface area contributed by atoms with Gasteiger partial charge in [-0.1, -0.05) is 18.2 Å². The third kappa shape index (κ3) is 3.51. The second-order valence-electron chi connectivity index (χ2n) is 7.56. The van der Waals surface area contributed by atoms with E-state index in [9.17, 15) is 4.39 Å². The molecule has 0 aromatic heterocycles. The van der Waals surface area contributed by atoms with Crippen molar-refractivity contribution in [2.45, 2.75) is 24.3 Å². The first-order valence-electron chi connectivity index (χ1n) is 9.36. The highest BCUT2D eigenvalue weighted by Crippen LogP contribution is 2.48. The van der Waals surface area contributed by atoms with Gasteiger partial charge in [0.15, 0.2) is 5.96 Å². The van der Waals surface area contributed by atoms with Crippen LogP contribution in [-0.4, -0.2) is 74.7 Å². The number of halogens is 1. The third-order valence-corrected chi connectivity index (χ3v) is 6.01. The molecule has 3 heterocycles. The van der Waals surface area contributed by atoms with Gasteiger partial charge >= 0.3 is 0 Å². The second-order valence-corrected chi connectivity index (χ2v) is 7.56. The van der Waals surface area contributed by atoms with Crippen molar-refractivity contribution in [2.24, 2.45) is 4.99 Å². The van der Waals surface area contributed by atoms with Gasteiger partial charge in [0, 0.05) is 64.3 Å². The molecule has 0 radical (unpaired) electrons. The summed E-state index contributed by atoms with van der Waals surface area (Å²) in [4.78, 5) is 9.46. The van der Waals surface area contributed by atoms with Crippen LogP contribution in [0, 0.1) is 5.82 Å². The van der Waals surface area contributed by atoms with Crippen LogP contribution < -0.4 is 10.6 Å². The molecule has 0 amide bonds. The summed E-state index contributed by atoms with van der Waals surface area (Å²) < 4.78 is 14.1. The molecule has 25 heavy (non-hydrogen) atoms. The third-order valence-electron chi connectivity index (χ3n) is 6.01. The van der Waals surface area contributed by atoms with Gasteiger partial charge in [-0.3, -0.25) is 14.8 Å². The zero-order chi connectivity index (χ0) is 17.3. The lowest BCUT2D eigenvalue weighted by Gasteiger charge is -2.47. The van der Waals surface area contributed by atoms with Gasteiger partial charge < -0.3 is 10.6 Å². The topological polar surface area (TPSA) is 42.9 Å². The lowest BCUT2D eigenvalue weighted by atomic mass is 9.95. The fourth-order valence-corrected chi connectivity index (χ4v) is 4.19. The number of guanidine groups is 1. The molecule has 1 atom stereocenters. The minimum atomic E-state index is -0.0928. The number of nitrogens with zero attached hydrogens (tertiary/aromatic N) is 3. The van der Waals surface area contributed by atoms with E-state index in [-0.39, 0.29) is 11.2 Å². The van der Waals surface area contributed by atoms with E-state index in [0.717, 1.165) is 44.0 Å². The number of fused-ring (bicyclic) bond motifs is 3. The number of nitrogens with one attached hydrogen (secondary N) is 2. The minimum Gasteiger partial charge on any atom is -0.356 e. The summed E-state index contributed by atoms with van der Waals surface area (Å²) in [6.07, 6.45) is 2.06. The van der Waals surface area contributed by atoms with Crippen molar-refractivity contribution in [3.8, 4) is 0 Å². The second kappa shape index (κ2) is 6.92. The first kappa shape index (κ1) is 16.8. The quantitative estimate of drug-likeness (QED) is 0.618. The summed E-state index contributed by atoms with van der Waals surface area (Å²) in [7, 11) is 1.80. The molecule has 6 heteroatoms. The summed E-state index contributed by atoms with van der Waals surface area (Å²) >= 11 is 0. The highest BCUT2D eigenvalue weighted by atomic mass is 19.1. The fourth-order valence-electron chi connectivity index (χ4n) is 4.19. The highest BCUT2D eigenvalue weighted by molar-refractivity contribution is 5.79. The minimum absolute atomic E-state index is 0.0674. The first-order chi connectivity index (χ1) is 12.2. The van der Waals surface area contributed by atoms with E-state index in [1.54, 1.807) is 19.2 Å². The monoisotopic (exact) mass is 345 g/mol. The van der Waals surface area contributed by atoms with E-state index in [1.165, 1.54) is 26.2 Å². The molecule has 1 aromatic rings. The van der Waals surface area contributed by atoms with Gasteiger partial charge in [-0.15, -0.1) is 0 Å². The molecule has 1 saturated carbocycles. The summed E-state index contributed by atoms with van der Waals surface area (Å²) in [5.41, 5.74) is 0.767. The molecule has 1 aliphatic carbocycles. The Labute approximate surface area is 149 Å². The van der Waals surface area contributed by atoms with Gasteiger partial charge in [0.1, 0.15) is 5.82 Å². The van der Waals surface area contributed by atoms with Gasteiger partial charge in [0.05, 0.1) is 0 Å². The first-order valence-corrected chi connectivity index (χ1v) is 9.36. The smallest absolute Gasteiger partial charge is 0.191 e. The number of benzene rings is 1. The lowest BCUT2D eigenvalue weighted by Crippen LogP contribution is -2.64. The van der Waals surface area contributed by atoms with Crippen LogP contribution in [0.15, 0.2) is 29.3 Å². The number of aliphatic imine (C=N–C) groups is 1. The average molecular weight is 345 g/mol. The van der Waals surface area contributed by atoms with Gasteiger partial charge in [-0.2, -0.15) is 0 Å². The van der Waals surface area contributed by atoms with Crippen molar-refractivity contribution in [2.75, 3.05) is 52.9 Å². The molecule has 0 spiro atoms. The predicted molar refractivity (Wildman–Crippen MR) is 98.5 cm³/mol. The molecular weight excluding hydrogens is 317 g/mol. The predicted octanol–water partition coefficient (Wildman–Crippen LogP) is 1.02. The van der Waals surface area contributed by atoms with Gasteiger partial charge in [0.25, 0.3) is 0 Å². The Morgan fingerprint density at radius 3 is 2.56 bits per heavy atom. The van der Waals surface area contributed by atoms with Crippen LogP contribution in [0.5, 0.6) is 0 Å². The Hall–Kier alpha value is -1.66. The van der Waals surface area contributed by atoms with Crippen LogP contribution in [0.3, 0.4) is 0 Å². The molecular formula is C19H28FN5. The highest BCUT2D eigenvalue weighted by Gasteiger charge is 2.45. The van der Waals surface area contributed by atoms with Crippen molar-refractivity contribution in [1.29, 1.82) is 0 Å². The molecule has 1 aromatic carbocycles. The lowest BCUT2D eigenvalue weighted by molar-refractivity contribution is 0.0154. The summed E-state index contributed by atoms with van der Waals surface area (Å²) in [5.74, 6) is 0.727. The maximum atomic E-state index is 14.1. The molecule has 136 valence electrons. The molecule has 3 saturated heterocycles. The Kier molecular flexibility index (Phi) is 4.65. The molecule has 4 fully saturated rings. The summed E-state index contributed by atoms with van der Waals surface area (Å²) in [6.45, 7) is 7.53. The van der Waals surface area contributed by atoms with Gasteiger partial charge in [-0.25, -0.2) is 4.39 Å². The van der Waals surface area contributed by atoms with Crippen LogP contribution >= 0.6 is 0 Å². The molecule has 4 aliphatic rings. The summed E-state index contributed by atoms with van der Waals surface area (Å²) in [6, 6.07) is 7.72. The number of piperazine rings is 3. The van der Waals surface area contributed by atoms with Crippen molar-refractivity contribution >= 4 is 5.96 Å². The van der Waals surface area contributed by atoms with Crippen molar-refractivity contribution in [3.05, 3.63) is 35.6 Å². The van der Waals surface area contributed by atoms with E-state index in [0.29, 0.717) is 6.04 Å². The normalized spacial score (nSPS) is 30.2. The largest absolute Gasteiger partial charge is 0.356 e. The molecule has 2 bridgehead atoms. The van der Waals surface area contributed by atoms with Gasteiger partial charge in [0.2, 0.25) is 0 Å². The molecule has 5 rings (SSSR count). The van der Waals surface area contributed by atoms with Crippen LogP contribution in [-0.2, 0) is 5.41 Å². The number of rotatable bonds is 5. The van der Waals surface area contributed by atoms with Crippen molar-refractivity contribution in [3.63, 3.8) is 0 Å². The molecule has 3 aliphatic heterocycles. The Balaban J connectivity index is 1.30. The molecule has 2 N–H and O–H groups in total. The Bertz CT molecular complexity index is 634. The van der Waals surface area contributed by atoms with Crippen LogP contribution in [0.4, 0.5) is 4.39 Å². The summed E-state index contributed by atoms with van der Waals surface area (Å²) in [5, 5.41) is 6.89. The van der Waals surface area contributed by atoms with Crippen molar-refractivity contribution in [1.82, 2.24) is 20.4 Å². The van der Waals surface area contributed by atoms with Crippen LogP contribution in [0.2, 0.25) is 0 Å². The van der Waals surface area contributed by atoms with E-state index < -0.39 is 0 Å². The maximum Gasteiger partial charge on any atom is 0.191 e. The Morgan fingerprint density at radius 1 is 1.20 bits per heavy atom. The number of hydrogen-bond donors (Lipinski definition) is 2. The van der Waals surface area contributed by atoms with E-state index >= 15 is 0 Å². The van der Waals surface area contributed by atoms with E-state index in [2.05, 4.69) is 25.4 Å². The standard InChI is InChI=1S/C19H28FN5/c1-21-18(22-12-15-13-24-8-10-25(15)11-9-24)23-14-19(6-7-19)16-4-2-3-5-17(16)20/h2-5,15H,6-14H2,1H3,(H2,21,22,23). The zero-order valence-electron chi connectivity index (χ0n) is 15.0. The average Bonchev–Trinajstić information content (AvgIpc) is 3.44. The maximum absolute atomic E-state index is 14.1. The van der Waals surface area contributed by atoms with Crippen LogP contribution in [0.1, 0.15) is 18.4 Å². The van der Waals surface area contributed by atoms with Crippen molar-refractivity contribution < 1.29 is 4.39 Å². The van der Waals surface area contributed by atoms with E-state index in [4.69, 9.17) is 0 Å². The van der Waals surface area contributed by atoms with Gasteiger partial charge in [-0.05, 0) is 24.5 Å². The Morgan fingerprint density at radius 2 is 1.96 bits per heavy atom. The zero-order valence-corrected chi connectivity index (χ0v) is 15.0. The molecule has 1 unspecified atom stereocenters. The number of hydrogen-bond acceptors (Lipinski definition) is 3. The van der Waals surface area contributed by atoms with E-state index in [1.807, 2.05) is 12.1 Å².